The Kier molecular flexibility index (Phi) is 6.82. The van der Waals surface area contributed by atoms with Gasteiger partial charge in [0.05, 0.1) is 33.1 Å². The molecule has 0 atom stereocenters. The normalized spacial score (nSPS) is 14.4. The highest BCUT2D eigenvalue weighted by molar-refractivity contribution is 6.18. The Labute approximate surface area is 375 Å². The topological polar surface area (TPSA) is 30.7 Å². The van der Waals surface area contributed by atoms with Crippen LogP contribution in [0.2, 0.25) is 0 Å². The SMILES string of the molecule is c1ccc2c(c1)-c1ccccc1C21c2ccccc2C2(c3ccccc3-c3c2ccc2c3c3ccccc3n2-c2nc(-c3ccc4ccccc4c3)c3ccccc3n2)c2ccccc21. The van der Waals surface area contributed by atoms with Crippen LogP contribution in [0.3, 0.4) is 0 Å². The average Bonchev–Trinajstić information content (AvgIpc) is 3.98. The largest absolute Gasteiger partial charge is 0.278 e. The molecule has 12 aromatic rings. The molecule has 2 aromatic heterocycles. The van der Waals surface area contributed by atoms with Gasteiger partial charge >= 0.3 is 0 Å². The lowest BCUT2D eigenvalue weighted by molar-refractivity contribution is 0.633. The molecule has 65 heavy (non-hydrogen) atoms. The molecule has 0 saturated carbocycles. The van der Waals surface area contributed by atoms with E-state index < -0.39 is 10.8 Å². The Morgan fingerprint density at radius 2 is 0.846 bits per heavy atom. The van der Waals surface area contributed by atoms with Crippen LogP contribution >= 0.6 is 0 Å². The number of para-hydroxylation sites is 2. The smallest absolute Gasteiger partial charge is 0.235 e. The highest BCUT2D eigenvalue weighted by atomic mass is 15.2. The first-order valence-corrected chi connectivity index (χ1v) is 22.6. The fourth-order valence-corrected chi connectivity index (χ4v) is 12.7. The molecule has 15 rings (SSSR count). The van der Waals surface area contributed by atoms with Gasteiger partial charge in [-0.05, 0) is 102 Å². The number of hydrogen-bond donors (Lipinski definition) is 0. The monoisotopic (exact) mass is 823 g/mol. The Hall–Kier alpha value is -8.40. The molecule has 0 fully saturated rings. The number of rotatable bonds is 2. The third-order valence-electron chi connectivity index (χ3n) is 15.1. The van der Waals surface area contributed by atoms with E-state index in [0.717, 1.165) is 33.2 Å². The van der Waals surface area contributed by atoms with Crippen LogP contribution in [-0.2, 0) is 10.8 Å². The minimum Gasteiger partial charge on any atom is -0.278 e. The van der Waals surface area contributed by atoms with E-state index in [4.69, 9.17) is 9.97 Å². The van der Waals surface area contributed by atoms with Crippen molar-refractivity contribution in [3.63, 3.8) is 0 Å². The van der Waals surface area contributed by atoms with E-state index in [-0.39, 0.29) is 0 Å². The van der Waals surface area contributed by atoms with Crippen LogP contribution in [0.25, 0.3) is 82.9 Å². The zero-order chi connectivity index (χ0) is 42.4. The van der Waals surface area contributed by atoms with Gasteiger partial charge in [-0.1, -0.05) is 200 Å². The van der Waals surface area contributed by atoms with Gasteiger partial charge in [-0.25, -0.2) is 9.97 Å². The van der Waals surface area contributed by atoms with Crippen molar-refractivity contribution >= 4 is 43.5 Å². The minimum absolute atomic E-state index is 0.486. The van der Waals surface area contributed by atoms with Gasteiger partial charge in [-0.15, -0.1) is 0 Å². The molecular formula is C62H37N3. The second-order valence-corrected chi connectivity index (χ2v) is 17.9. The van der Waals surface area contributed by atoms with Crippen LogP contribution < -0.4 is 0 Å². The van der Waals surface area contributed by atoms with Crippen molar-refractivity contribution in [3.05, 3.63) is 269 Å². The summed E-state index contributed by atoms with van der Waals surface area (Å²) in [6, 6.07) is 83.3. The van der Waals surface area contributed by atoms with E-state index in [2.05, 4.69) is 229 Å². The van der Waals surface area contributed by atoms with Gasteiger partial charge in [0.1, 0.15) is 0 Å². The molecule has 3 aliphatic rings. The van der Waals surface area contributed by atoms with Gasteiger partial charge < -0.3 is 0 Å². The Balaban J connectivity index is 1.05. The quantitative estimate of drug-likeness (QED) is 0.174. The Morgan fingerprint density at radius 3 is 1.52 bits per heavy atom. The van der Waals surface area contributed by atoms with Crippen LogP contribution in [0.15, 0.2) is 224 Å². The van der Waals surface area contributed by atoms with Crippen molar-refractivity contribution in [2.24, 2.45) is 0 Å². The lowest BCUT2D eigenvalue weighted by Crippen LogP contribution is -2.43. The maximum Gasteiger partial charge on any atom is 0.235 e. The van der Waals surface area contributed by atoms with E-state index in [1.54, 1.807) is 0 Å². The van der Waals surface area contributed by atoms with Crippen LogP contribution in [0.4, 0.5) is 0 Å². The maximum atomic E-state index is 5.53. The molecular weight excluding hydrogens is 787 g/mol. The third-order valence-corrected chi connectivity index (χ3v) is 15.1. The van der Waals surface area contributed by atoms with E-state index in [1.807, 2.05) is 0 Å². The van der Waals surface area contributed by atoms with E-state index >= 15 is 0 Å². The van der Waals surface area contributed by atoms with Crippen LogP contribution in [-0.4, -0.2) is 14.5 Å². The molecule has 10 aromatic carbocycles. The van der Waals surface area contributed by atoms with E-state index in [1.165, 1.54) is 88.3 Å². The van der Waals surface area contributed by atoms with Crippen LogP contribution in [0.5, 0.6) is 0 Å². The van der Waals surface area contributed by atoms with Crippen LogP contribution in [0.1, 0.15) is 44.5 Å². The molecule has 3 aliphatic carbocycles. The predicted octanol–water partition coefficient (Wildman–Crippen LogP) is 14.6. The fourth-order valence-electron chi connectivity index (χ4n) is 12.7. The van der Waals surface area contributed by atoms with Gasteiger partial charge in [-0.2, -0.15) is 0 Å². The van der Waals surface area contributed by atoms with Crippen molar-refractivity contribution in [2.45, 2.75) is 10.8 Å². The van der Waals surface area contributed by atoms with Crippen molar-refractivity contribution < 1.29 is 0 Å². The zero-order valence-electron chi connectivity index (χ0n) is 35.2. The number of aromatic nitrogens is 3. The van der Waals surface area contributed by atoms with Gasteiger partial charge in [0, 0.05) is 21.7 Å². The fraction of sp³-hybridized carbons (Fsp3) is 0.0323. The molecule has 0 radical (unpaired) electrons. The summed E-state index contributed by atoms with van der Waals surface area (Å²) in [7, 11) is 0. The summed E-state index contributed by atoms with van der Waals surface area (Å²) in [5.41, 5.74) is 19.8. The Morgan fingerprint density at radius 1 is 0.338 bits per heavy atom. The summed E-state index contributed by atoms with van der Waals surface area (Å²) in [6.07, 6.45) is 0. The highest BCUT2D eigenvalue weighted by Gasteiger charge is 2.59. The molecule has 3 heteroatoms. The standard InChI is InChI=1S/C62H37N3/c1-2-18-39-37-40(34-33-38(39)17-1)59-44-22-6-15-31-54(44)63-60(64-59)65-55-32-16-7-23-45(55)58-56(65)36-35-53-57(58)43-21-5-10-26-48(43)62(53)51-29-13-11-27-49(51)61(50-28-12-14-30-52(50)62)46-24-8-3-19-41(46)42-20-4-9-25-47(42)61/h1-37H. The molecule has 0 N–H and O–H groups in total. The number of fused-ring (bicyclic) bond motifs is 22. The highest BCUT2D eigenvalue weighted by Crippen LogP contribution is 2.68. The van der Waals surface area contributed by atoms with E-state index in [0.29, 0.717) is 5.95 Å². The summed E-state index contributed by atoms with van der Waals surface area (Å²) in [5.74, 6) is 0.660. The lowest BCUT2D eigenvalue weighted by atomic mass is 9.52. The molecule has 2 heterocycles. The molecule has 3 nitrogen and oxygen atoms in total. The molecule has 2 spiro atoms. The predicted molar refractivity (Wildman–Crippen MR) is 265 cm³/mol. The first kappa shape index (κ1) is 35.1. The summed E-state index contributed by atoms with van der Waals surface area (Å²) >= 11 is 0. The molecule has 0 unspecified atom stereocenters. The number of benzene rings is 10. The van der Waals surface area contributed by atoms with Gasteiger partial charge in [0.25, 0.3) is 0 Å². The molecule has 300 valence electrons. The lowest BCUT2D eigenvalue weighted by Gasteiger charge is -2.48. The van der Waals surface area contributed by atoms with Gasteiger partial charge in [-0.3, -0.25) is 4.57 Å². The van der Waals surface area contributed by atoms with Crippen molar-refractivity contribution in [2.75, 3.05) is 0 Å². The van der Waals surface area contributed by atoms with Crippen LogP contribution in [0, 0.1) is 0 Å². The average molecular weight is 824 g/mol. The summed E-state index contributed by atoms with van der Waals surface area (Å²) in [4.78, 5) is 10.9. The first-order chi connectivity index (χ1) is 32.3. The van der Waals surface area contributed by atoms with Gasteiger partial charge in [0.15, 0.2) is 0 Å². The van der Waals surface area contributed by atoms with Gasteiger partial charge in [0.2, 0.25) is 5.95 Å². The minimum atomic E-state index is -0.586. The number of nitrogens with zero attached hydrogens (tertiary/aromatic N) is 3. The third kappa shape index (κ3) is 4.26. The second-order valence-electron chi connectivity index (χ2n) is 17.9. The number of hydrogen-bond acceptors (Lipinski definition) is 2. The molecule has 0 bridgehead atoms. The summed E-state index contributed by atoms with van der Waals surface area (Å²) in [5, 5.41) is 5.83. The molecule has 0 aliphatic heterocycles. The molecule has 0 amide bonds. The first-order valence-electron chi connectivity index (χ1n) is 22.6. The van der Waals surface area contributed by atoms with E-state index in [9.17, 15) is 0 Å². The summed E-state index contributed by atoms with van der Waals surface area (Å²) < 4.78 is 2.31. The van der Waals surface area contributed by atoms with Crippen molar-refractivity contribution in [3.8, 4) is 39.5 Å². The van der Waals surface area contributed by atoms with Crippen molar-refractivity contribution in [1.29, 1.82) is 0 Å². The zero-order valence-corrected chi connectivity index (χ0v) is 35.2. The Bertz CT molecular complexity index is 3940. The molecule has 0 saturated heterocycles. The maximum absolute atomic E-state index is 5.53. The second kappa shape index (κ2) is 12.6. The summed E-state index contributed by atoms with van der Waals surface area (Å²) in [6.45, 7) is 0. The van der Waals surface area contributed by atoms with Crippen molar-refractivity contribution in [1.82, 2.24) is 14.5 Å².